The fourth-order valence-electron chi connectivity index (χ4n) is 2.82. The van der Waals surface area contributed by atoms with Crippen molar-refractivity contribution in [2.24, 2.45) is 11.8 Å². The van der Waals surface area contributed by atoms with Gasteiger partial charge in [0.05, 0.1) is 0 Å². The lowest BCUT2D eigenvalue weighted by molar-refractivity contribution is 0.382. The van der Waals surface area contributed by atoms with Crippen LogP contribution in [0.15, 0.2) is 54.1 Å². The summed E-state index contributed by atoms with van der Waals surface area (Å²) in [4.78, 5) is 0. The zero-order valence-corrected chi connectivity index (χ0v) is 12.0. The fourth-order valence-corrected chi connectivity index (χ4v) is 2.82. The highest BCUT2D eigenvalue weighted by molar-refractivity contribution is 5.39. The quantitative estimate of drug-likeness (QED) is 0.687. The van der Waals surface area contributed by atoms with Gasteiger partial charge in [-0.2, -0.15) is 0 Å². The normalized spacial score (nSPS) is 23.6. The van der Waals surface area contributed by atoms with E-state index >= 15 is 0 Å². The van der Waals surface area contributed by atoms with Crippen LogP contribution in [0.2, 0.25) is 0 Å². The fraction of sp³-hybridized carbons (Fsp3) is 0.444. The summed E-state index contributed by atoms with van der Waals surface area (Å²) >= 11 is 0. The van der Waals surface area contributed by atoms with Gasteiger partial charge in [0.2, 0.25) is 0 Å². The minimum atomic E-state index is 0.180. The summed E-state index contributed by atoms with van der Waals surface area (Å²) in [6.45, 7) is 9.18. The maximum Gasteiger partial charge on any atom is 0.0193 e. The first-order valence-electron chi connectivity index (χ1n) is 7.01. The van der Waals surface area contributed by atoms with Crippen LogP contribution in [0.5, 0.6) is 0 Å². The van der Waals surface area contributed by atoms with Gasteiger partial charge < -0.3 is 0 Å². The average molecular weight is 240 g/mol. The predicted octanol–water partition coefficient (Wildman–Crippen LogP) is 5.12. The maximum absolute atomic E-state index is 2.43. The second kappa shape index (κ2) is 5.14. The molecule has 1 unspecified atom stereocenters. The third-order valence-corrected chi connectivity index (χ3v) is 4.26. The lowest BCUT2D eigenvalue weighted by Gasteiger charge is -2.37. The zero-order chi connectivity index (χ0) is 13.2. The summed E-state index contributed by atoms with van der Waals surface area (Å²) in [5.74, 6) is 1.24. The van der Waals surface area contributed by atoms with E-state index < -0.39 is 0 Å². The third kappa shape index (κ3) is 2.29. The molecule has 18 heavy (non-hydrogen) atoms. The van der Waals surface area contributed by atoms with Crippen LogP contribution in [-0.2, 0) is 5.41 Å². The lowest BCUT2D eigenvalue weighted by Crippen LogP contribution is -2.31. The summed E-state index contributed by atoms with van der Waals surface area (Å²) in [5, 5.41) is 0. The molecule has 0 heterocycles. The van der Waals surface area contributed by atoms with Crippen molar-refractivity contribution in [1.82, 2.24) is 0 Å². The maximum atomic E-state index is 2.43. The molecule has 0 nitrogen and oxygen atoms in total. The second-order valence-electron chi connectivity index (χ2n) is 5.96. The number of allylic oxidation sites excluding steroid dienone is 4. The van der Waals surface area contributed by atoms with Gasteiger partial charge in [-0.25, -0.2) is 0 Å². The van der Waals surface area contributed by atoms with E-state index in [0.717, 1.165) is 6.42 Å². The van der Waals surface area contributed by atoms with Crippen molar-refractivity contribution in [3.05, 3.63) is 59.7 Å². The molecule has 0 saturated carbocycles. The highest BCUT2D eigenvalue weighted by Gasteiger charge is 2.33. The van der Waals surface area contributed by atoms with Crippen molar-refractivity contribution in [3.8, 4) is 0 Å². The SMILES string of the molecule is CC(C)C1=CCC(c2ccccc2)(C(C)C)C=C1. The molecular weight excluding hydrogens is 216 g/mol. The molecular formula is C18H24. The van der Waals surface area contributed by atoms with Gasteiger partial charge in [-0.3, -0.25) is 0 Å². The van der Waals surface area contributed by atoms with Gasteiger partial charge in [-0.1, -0.05) is 76.3 Å². The number of hydrogen-bond acceptors (Lipinski definition) is 0. The number of benzene rings is 1. The predicted molar refractivity (Wildman–Crippen MR) is 79.6 cm³/mol. The van der Waals surface area contributed by atoms with E-state index in [2.05, 4.69) is 76.3 Å². The molecule has 1 atom stereocenters. The Morgan fingerprint density at radius 2 is 1.67 bits per heavy atom. The summed E-state index contributed by atoms with van der Waals surface area (Å²) < 4.78 is 0. The van der Waals surface area contributed by atoms with Crippen LogP contribution in [0, 0.1) is 11.8 Å². The largest absolute Gasteiger partial charge is 0.0799 e. The molecule has 96 valence electrons. The molecule has 2 rings (SSSR count). The molecule has 0 heteroatoms. The Bertz CT molecular complexity index is 448. The molecule has 0 N–H and O–H groups in total. The monoisotopic (exact) mass is 240 g/mol. The average Bonchev–Trinajstić information content (AvgIpc) is 2.39. The Morgan fingerprint density at radius 3 is 2.11 bits per heavy atom. The van der Waals surface area contributed by atoms with Gasteiger partial charge in [-0.05, 0) is 29.4 Å². The summed E-state index contributed by atoms with van der Waals surface area (Å²) in [5.41, 5.74) is 3.09. The van der Waals surface area contributed by atoms with Crippen molar-refractivity contribution in [2.45, 2.75) is 39.5 Å². The van der Waals surface area contributed by atoms with Crippen LogP contribution in [-0.4, -0.2) is 0 Å². The molecule has 0 aliphatic heterocycles. The highest BCUT2D eigenvalue weighted by Crippen LogP contribution is 2.41. The van der Waals surface area contributed by atoms with Gasteiger partial charge >= 0.3 is 0 Å². The number of hydrogen-bond donors (Lipinski definition) is 0. The van der Waals surface area contributed by atoms with E-state index in [1.54, 1.807) is 0 Å². The molecule has 0 spiro atoms. The van der Waals surface area contributed by atoms with Gasteiger partial charge in [0.25, 0.3) is 0 Å². The topological polar surface area (TPSA) is 0 Å². The first-order chi connectivity index (χ1) is 8.56. The zero-order valence-electron chi connectivity index (χ0n) is 12.0. The molecule has 0 aromatic heterocycles. The molecule has 0 saturated heterocycles. The van der Waals surface area contributed by atoms with Crippen molar-refractivity contribution in [3.63, 3.8) is 0 Å². The Labute approximate surface area is 111 Å². The smallest absolute Gasteiger partial charge is 0.0193 e. The van der Waals surface area contributed by atoms with Crippen LogP contribution in [0.3, 0.4) is 0 Å². The van der Waals surface area contributed by atoms with Gasteiger partial charge in [0.15, 0.2) is 0 Å². The van der Waals surface area contributed by atoms with Gasteiger partial charge in [-0.15, -0.1) is 0 Å². The van der Waals surface area contributed by atoms with Crippen LogP contribution >= 0.6 is 0 Å². The van der Waals surface area contributed by atoms with Crippen molar-refractivity contribution >= 4 is 0 Å². The second-order valence-corrected chi connectivity index (χ2v) is 5.96. The standard InChI is InChI=1S/C18H24/c1-14(2)16-10-12-18(13-11-16,15(3)4)17-8-6-5-7-9-17/h5-12,14-15H,13H2,1-4H3. The molecule has 0 amide bonds. The highest BCUT2D eigenvalue weighted by atomic mass is 14.4. The lowest BCUT2D eigenvalue weighted by atomic mass is 9.66. The minimum absolute atomic E-state index is 0.180. The van der Waals surface area contributed by atoms with E-state index in [4.69, 9.17) is 0 Å². The van der Waals surface area contributed by atoms with E-state index in [9.17, 15) is 0 Å². The Kier molecular flexibility index (Phi) is 3.75. The van der Waals surface area contributed by atoms with Crippen molar-refractivity contribution in [1.29, 1.82) is 0 Å². The Hall–Kier alpha value is -1.30. The van der Waals surface area contributed by atoms with Gasteiger partial charge in [0.1, 0.15) is 0 Å². The van der Waals surface area contributed by atoms with E-state index in [1.165, 1.54) is 11.1 Å². The van der Waals surface area contributed by atoms with E-state index in [1.807, 2.05) is 0 Å². The Balaban J connectivity index is 2.37. The van der Waals surface area contributed by atoms with E-state index in [-0.39, 0.29) is 5.41 Å². The third-order valence-electron chi connectivity index (χ3n) is 4.26. The van der Waals surface area contributed by atoms with Crippen LogP contribution in [0.25, 0.3) is 0 Å². The minimum Gasteiger partial charge on any atom is -0.0799 e. The molecule has 0 radical (unpaired) electrons. The molecule has 0 fully saturated rings. The number of rotatable bonds is 3. The van der Waals surface area contributed by atoms with Crippen molar-refractivity contribution in [2.75, 3.05) is 0 Å². The molecule has 0 bridgehead atoms. The molecule has 1 aromatic carbocycles. The van der Waals surface area contributed by atoms with Gasteiger partial charge in [0, 0.05) is 5.41 Å². The molecule has 1 aliphatic carbocycles. The van der Waals surface area contributed by atoms with Crippen LogP contribution in [0.1, 0.15) is 39.7 Å². The Morgan fingerprint density at radius 1 is 1.00 bits per heavy atom. The molecule has 1 aliphatic rings. The van der Waals surface area contributed by atoms with E-state index in [0.29, 0.717) is 11.8 Å². The first kappa shape index (κ1) is 13.1. The summed E-state index contributed by atoms with van der Waals surface area (Å²) in [6.07, 6.45) is 8.32. The summed E-state index contributed by atoms with van der Waals surface area (Å²) in [6, 6.07) is 10.9. The van der Waals surface area contributed by atoms with Crippen LogP contribution < -0.4 is 0 Å². The first-order valence-corrected chi connectivity index (χ1v) is 7.01. The molecule has 1 aromatic rings. The summed E-state index contributed by atoms with van der Waals surface area (Å²) in [7, 11) is 0. The van der Waals surface area contributed by atoms with Crippen LogP contribution in [0.4, 0.5) is 0 Å². The van der Waals surface area contributed by atoms with Crippen molar-refractivity contribution < 1.29 is 0 Å².